The smallest absolute Gasteiger partial charge is 0.224 e. The van der Waals surface area contributed by atoms with Crippen LogP contribution in [0.4, 0.5) is 17.5 Å². The first-order valence-electron chi connectivity index (χ1n) is 9.59. The molecule has 1 aromatic heterocycles. The SMILES string of the molecule is COc1ccccc1CNc1nccc(Nc2ccc(Oc3ccccc3)cc2)n1. The predicted octanol–water partition coefficient (Wildman–Crippen LogP) is 5.63. The van der Waals surface area contributed by atoms with Gasteiger partial charge in [0.2, 0.25) is 5.95 Å². The second kappa shape index (κ2) is 9.43. The molecule has 0 fully saturated rings. The Labute approximate surface area is 175 Å². The van der Waals surface area contributed by atoms with Crippen LogP contribution in [0.3, 0.4) is 0 Å². The lowest BCUT2D eigenvalue weighted by Crippen LogP contribution is -2.06. The summed E-state index contributed by atoms with van der Waals surface area (Å²) in [5.41, 5.74) is 1.95. The summed E-state index contributed by atoms with van der Waals surface area (Å²) >= 11 is 0. The summed E-state index contributed by atoms with van der Waals surface area (Å²) in [5, 5.41) is 6.52. The number of para-hydroxylation sites is 2. The van der Waals surface area contributed by atoms with E-state index in [4.69, 9.17) is 9.47 Å². The van der Waals surface area contributed by atoms with E-state index >= 15 is 0 Å². The number of ether oxygens (including phenoxy) is 2. The molecule has 30 heavy (non-hydrogen) atoms. The average Bonchev–Trinajstić information content (AvgIpc) is 2.80. The Morgan fingerprint density at radius 3 is 2.33 bits per heavy atom. The molecular weight excluding hydrogens is 376 g/mol. The van der Waals surface area contributed by atoms with E-state index < -0.39 is 0 Å². The van der Waals surface area contributed by atoms with Crippen molar-refractivity contribution in [2.24, 2.45) is 0 Å². The molecule has 0 saturated carbocycles. The first kappa shape index (κ1) is 19.3. The molecule has 4 rings (SSSR count). The molecule has 1 heterocycles. The Morgan fingerprint density at radius 1 is 0.800 bits per heavy atom. The summed E-state index contributed by atoms with van der Waals surface area (Å²) in [7, 11) is 1.66. The van der Waals surface area contributed by atoms with Crippen LogP contribution < -0.4 is 20.1 Å². The van der Waals surface area contributed by atoms with Crippen molar-refractivity contribution in [3.63, 3.8) is 0 Å². The molecule has 0 aliphatic rings. The highest BCUT2D eigenvalue weighted by Gasteiger charge is 2.04. The van der Waals surface area contributed by atoms with Crippen molar-refractivity contribution in [2.45, 2.75) is 6.54 Å². The van der Waals surface area contributed by atoms with Crippen LogP contribution >= 0.6 is 0 Å². The number of nitrogens with one attached hydrogen (secondary N) is 2. The first-order chi connectivity index (χ1) is 14.8. The zero-order chi connectivity index (χ0) is 20.6. The number of hydrogen-bond acceptors (Lipinski definition) is 6. The second-order valence-electron chi connectivity index (χ2n) is 6.50. The number of hydrogen-bond donors (Lipinski definition) is 2. The predicted molar refractivity (Wildman–Crippen MR) is 119 cm³/mol. The summed E-state index contributed by atoms with van der Waals surface area (Å²) < 4.78 is 11.2. The van der Waals surface area contributed by atoms with Gasteiger partial charge in [-0.1, -0.05) is 36.4 Å². The lowest BCUT2D eigenvalue weighted by molar-refractivity contribution is 0.410. The number of aromatic nitrogens is 2. The minimum absolute atomic E-state index is 0.537. The first-order valence-corrected chi connectivity index (χ1v) is 9.59. The molecule has 0 radical (unpaired) electrons. The van der Waals surface area contributed by atoms with Crippen molar-refractivity contribution in [3.05, 3.63) is 96.7 Å². The molecule has 0 saturated heterocycles. The maximum absolute atomic E-state index is 5.82. The van der Waals surface area contributed by atoms with Gasteiger partial charge in [0.25, 0.3) is 0 Å². The summed E-state index contributed by atoms with van der Waals surface area (Å²) in [6, 6.07) is 27.1. The van der Waals surface area contributed by atoms with E-state index in [2.05, 4.69) is 20.6 Å². The van der Waals surface area contributed by atoms with Gasteiger partial charge < -0.3 is 20.1 Å². The van der Waals surface area contributed by atoms with E-state index in [0.717, 1.165) is 28.5 Å². The van der Waals surface area contributed by atoms with Crippen molar-refractivity contribution < 1.29 is 9.47 Å². The fraction of sp³-hybridized carbons (Fsp3) is 0.0833. The third kappa shape index (κ3) is 5.05. The Balaban J connectivity index is 1.38. The third-order valence-corrected chi connectivity index (χ3v) is 4.39. The molecule has 4 aromatic rings. The summed E-state index contributed by atoms with van der Waals surface area (Å²) in [5.74, 6) is 3.64. The highest BCUT2D eigenvalue weighted by Crippen LogP contribution is 2.24. The minimum atomic E-state index is 0.537. The molecule has 0 amide bonds. The van der Waals surface area contributed by atoms with Crippen LogP contribution in [-0.2, 0) is 6.54 Å². The number of anilines is 3. The van der Waals surface area contributed by atoms with Crippen LogP contribution in [0.1, 0.15) is 5.56 Å². The zero-order valence-electron chi connectivity index (χ0n) is 16.6. The Hall–Kier alpha value is -4.06. The van der Waals surface area contributed by atoms with Crippen molar-refractivity contribution in [1.29, 1.82) is 0 Å². The number of methoxy groups -OCH3 is 1. The van der Waals surface area contributed by atoms with Gasteiger partial charge in [-0.2, -0.15) is 4.98 Å². The summed E-state index contributed by atoms with van der Waals surface area (Å²) in [4.78, 5) is 8.81. The number of rotatable bonds is 8. The van der Waals surface area contributed by atoms with Gasteiger partial charge in [-0.25, -0.2) is 4.98 Å². The molecule has 0 unspecified atom stereocenters. The van der Waals surface area contributed by atoms with E-state index in [9.17, 15) is 0 Å². The Bertz CT molecular complexity index is 1090. The molecule has 2 N–H and O–H groups in total. The number of nitrogens with zero attached hydrogens (tertiary/aromatic N) is 2. The quantitative estimate of drug-likeness (QED) is 0.401. The fourth-order valence-corrected chi connectivity index (χ4v) is 2.92. The van der Waals surface area contributed by atoms with Gasteiger partial charge in [-0.3, -0.25) is 0 Å². The van der Waals surface area contributed by atoms with Crippen LogP contribution in [0.2, 0.25) is 0 Å². The van der Waals surface area contributed by atoms with Crippen LogP contribution in [0.25, 0.3) is 0 Å². The largest absolute Gasteiger partial charge is 0.496 e. The van der Waals surface area contributed by atoms with Gasteiger partial charge in [0, 0.05) is 24.0 Å². The molecular formula is C24H22N4O2. The maximum Gasteiger partial charge on any atom is 0.224 e. The fourth-order valence-electron chi connectivity index (χ4n) is 2.92. The maximum atomic E-state index is 5.82. The second-order valence-corrected chi connectivity index (χ2v) is 6.50. The highest BCUT2D eigenvalue weighted by molar-refractivity contribution is 5.58. The van der Waals surface area contributed by atoms with E-state index in [1.54, 1.807) is 13.3 Å². The highest BCUT2D eigenvalue weighted by atomic mass is 16.5. The van der Waals surface area contributed by atoms with Gasteiger partial charge in [0.05, 0.1) is 7.11 Å². The Kier molecular flexibility index (Phi) is 6.05. The lowest BCUT2D eigenvalue weighted by atomic mass is 10.2. The standard InChI is InChI=1S/C24H22N4O2/c1-29-22-10-6-5-7-18(22)17-26-24-25-16-15-23(28-24)27-19-11-13-21(14-12-19)30-20-8-3-2-4-9-20/h2-16H,17H2,1H3,(H2,25,26,27,28). The van der Waals surface area contributed by atoms with Crippen molar-refractivity contribution in [3.8, 4) is 17.2 Å². The zero-order valence-corrected chi connectivity index (χ0v) is 16.6. The molecule has 6 heteroatoms. The molecule has 6 nitrogen and oxygen atoms in total. The van der Waals surface area contributed by atoms with E-state index in [-0.39, 0.29) is 0 Å². The van der Waals surface area contributed by atoms with E-state index in [1.165, 1.54) is 0 Å². The summed E-state index contributed by atoms with van der Waals surface area (Å²) in [6.07, 6.45) is 1.72. The average molecular weight is 398 g/mol. The van der Waals surface area contributed by atoms with Crippen LogP contribution in [0.5, 0.6) is 17.2 Å². The monoisotopic (exact) mass is 398 g/mol. The van der Waals surface area contributed by atoms with Gasteiger partial charge in [-0.15, -0.1) is 0 Å². The number of benzene rings is 3. The van der Waals surface area contributed by atoms with Crippen LogP contribution in [0, 0.1) is 0 Å². The van der Waals surface area contributed by atoms with Crippen molar-refractivity contribution in [2.75, 3.05) is 17.7 Å². The molecule has 0 aliphatic heterocycles. The van der Waals surface area contributed by atoms with Crippen LogP contribution in [0.15, 0.2) is 91.1 Å². The van der Waals surface area contributed by atoms with Gasteiger partial charge in [0.15, 0.2) is 0 Å². The van der Waals surface area contributed by atoms with Gasteiger partial charge in [-0.05, 0) is 48.5 Å². The molecule has 0 bridgehead atoms. The van der Waals surface area contributed by atoms with Crippen molar-refractivity contribution in [1.82, 2.24) is 9.97 Å². The summed E-state index contributed by atoms with van der Waals surface area (Å²) in [6.45, 7) is 0.568. The molecule has 0 atom stereocenters. The van der Waals surface area contributed by atoms with Crippen LogP contribution in [-0.4, -0.2) is 17.1 Å². The van der Waals surface area contributed by atoms with E-state index in [0.29, 0.717) is 18.3 Å². The molecule has 0 spiro atoms. The molecule has 0 aliphatic carbocycles. The molecule has 3 aromatic carbocycles. The molecule has 150 valence electrons. The van der Waals surface area contributed by atoms with E-state index in [1.807, 2.05) is 84.9 Å². The van der Waals surface area contributed by atoms with Gasteiger partial charge in [0.1, 0.15) is 23.1 Å². The van der Waals surface area contributed by atoms with Gasteiger partial charge >= 0.3 is 0 Å². The minimum Gasteiger partial charge on any atom is -0.496 e. The lowest BCUT2D eigenvalue weighted by Gasteiger charge is -2.11. The van der Waals surface area contributed by atoms with Crippen molar-refractivity contribution >= 4 is 17.5 Å². The third-order valence-electron chi connectivity index (χ3n) is 4.39. The normalized spacial score (nSPS) is 10.3. The topological polar surface area (TPSA) is 68.3 Å². The Morgan fingerprint density at radius 2 is 1.53 bits per heavy atom.